The van der Waals surface area contributed by atoms with Crippen LogP contribution >= 0.6 is 0 Å². The first-order valence-electron chi connectivity index (χ1n) is 10.1. The third kappa shape index (κ3) is 4.78. The van der Waals surface area contributed by atoms with Crippen LogP contribution in [-0.4, -0.2) is 45.0 Å². The molecular weight excluding hydrogens is 388 g/mol. The van der Waals surface area contributed by atoms with E-state index in [1.165, 1.54) is 18.2 Å². The van der Waals surface area contributed by atoms with Gasteiger partial charge in [0.25, 0.3) is 0 Å². The third-order valence-corrected chi connectivity index (χ3v) is 7.11. The number of nitrogens with zero attached hydrogens (tertiary/aromatic N) is 2. The number of hydrogen-bond acceptors (Lipinski definition) is 6. The highest BCUT2D eigenvalue weighted by Crippen LogP contribution is 2.28. The molecule has 156 valence electrons. The van der Waals surface area contributed by atoms with Crippen LogP contribution in [0.25, 0.3) is 0 Å². The first-order valence-corrected chi connectivity index (χ1v) is 11.6. The molecule has 0 saturated carbocycles. The van der Waals surface area contributed by atoms with Crippen molar-refractivity contribution in [3.63, 3.8) is 0 Å². The van der Waals surface area contributed by atoms with E-state index < -0.39 is 10.0 Å². The van der Waals surface area contributed by atoms with E-state index in [-0.39, 0.29) is 4.90 Å². The second-order valence-corrected chi connectivity index (χ2v) is 9.60. The van der Waals surface area contributed by atoms with Crippen molar-refractivity contribution < 1.29 is 13.2 Å². The van der Waals surface area contributed by atoms with Crippen LogP contribution in [0.2, 0.25) is 0 Å². The number of rotatable bonds is 7. The van der Waals surface area contributed by atoms with Gasteiger partial charge in [0, 0.05) is 19.6 Å². The van der Waals surface area contributed by atoms with Crippen LogP contribution in [0, 0.1) is 5.92 Å². The van der Waals surface area contributed by atoms with E-state index in [2.05, 4.69) is 32.1 Å². The van der Waals surface area contributed by atoms with Crippen molar-refractivity contribution in [1.29, 1.82) is 0 Å². The van der Waals surface area contributed by atoms with Crippen molar-refractivity contribution >= 4 is 10.0 Å². The number of ether oxygens (including phenoxy) is 1. The Balaban J connectivity index is 1.50. The van der Waals surface area contributed by atoms with E-state index >= 15 is 0 Å². The van der Waals surface area contributed by atoms with E-state index in [1.807, 2.05) is 12.1 Å². The molecule has 29 heavy (non-hydrogen) atoms. The summed E-state index contributed by atoms with van der Waals surface area (Å²) in [5, 5.41) is 3.33. The van der Waals surface area contributed by atoms with Crippen LogP contribution < -0.4 is 14.8 Å². The Hall–Kier alpha value is -2.00. The molecule has 4 rings (SSSR count). The molecule has 0 atom stereocenters. The van der Waals surface area contributed by atoms with Gasteiger partial charge in [0.1, 0.15) is 4.90 Å². The minimum absolute atomic E-state index is 0.163. The number of sulfonamides is 1. The molecule has 1 aromatic heterocycles. The molecule has 0 spiro atoms. The maximum atomic E-state index is 12.6. The van der Waals surface area contributed by atoms with E-state index in [0.29, 0.717) is 24.8 Å². The van der Waals surface area contributed by atoms with E-state index in [4.69, 9.17) is 4.74 Å². The van der Waals surface area contributed by atoms with Gasteiger partial charge in [-0.1, -0.05) is 24.3 Å². The molecule has 1 fully saturated rings. The summed E-state index contributed by atoms with van der Waals surface area (Å²) in [6.45, 7) is 4.75. The molecule has 0 aliphatic carbocycles. The Bertz CT molecular complexity index is 933. The Morgan fingerprint density at radius 1 is 1.21 bits per heavy atom. The summed E-state index contributed by atoms with van der Waals surface area (Å²) in [7, 11) is -2.22. The summed E-state index contributed by atoms with van der Waals surface area (Å²) in [4.78, 5) is 6.93. The quantitative estimate of drug-likeness (QED) is 0.717. The summed E-state index contributed by atoms with van der Waals surface area (Å²) in [6.07, 6.45) is 3.63. The zero-order valence-electron chi connectivity index (χ0n) is 16.7. The minimum Gasteiger partial charge on any atom is -0.490 e. The zero-order valence-corrected chi connectivity index (χ0v) is 17.5. The maximum Gasteiger partial charge on any atom is 0.244 e. The van der Waals surface area contributed by atoms with Gasteiger partial charge in [0.2, 0.25) is 10.0 Å². The molecule has 0 bridgehead atoms. The number of benzene rings is 1. The Kier molecular flexibility index (Phi) is 6.15. The number of aromatic nitrogens is 1. The van der Waals surface area contributed by atoms with Crippen LogP contribution in [-0.2, 0) is 29.7 Å². The van der Waals surface area contributed by atoms with Crippen molar-refractivity contribution in [2.45, 2.75) is 37.4 Å². The van der Waals surface area contributed by atoms with Crippen molar-refractivity contribution in [2.75, 3.05) is 26.7 Å². The lowest BCUT2D eigenvalue weighted by Crippen LogP contribution is -2.31. The predicted octanol–water partition coefficient (Wildman–Crippen LogP) is 1.88. The molecule has 1 saturated heterocycles. The summed E-state index contributed by atoms with van der Waals surface area (Å²) in [6, 6.07) is 10.0. The average molecular weight is 417 g/mol. The molecular formula is C21H28N4O3S. The fourth-order valence-corrected chi connectivity index (χ4v) is 4.87. The zero-order chi connectivity index (χ0) is 20.3. The Morgan fingerprint density at radius 3 is 2.55 bits per heavy atom. The van der Waals surface area contributed by atoms with Crippen LogP contribution in [0.5, 0.6) is 5.75 Å². The van der Waals surface area contributed by atoms with E-state index in [0.717, 1.165) is 44.7 Å². The molecule has 7 nitrogen and oxygen atoms in total. The fourth-order valence-electron chi connectivity index (χ4n) is 3.98. The molecule has 2 aliphatic rings. The maximum absolute atomic E-state index is 12.6. The van der Waals surface area contributed by atoms with Gasteiger partial charge < -0.3 is 10.1 Å². The fraction of sp³-hybridized carbons (Fsp3) is 0.476. The van der Waals surface area contributed by atoms with E-state index in [1.54, 1.807) is 12.3 Å². The van der Waals surface area contributed by atoms with Gasteiger partial charge in [-0.25, -0.2) is 13.1 Å². The Labute approximate surface area is 172 Å². The lowest BCUT2D eigenvalue weighted by Gasteiger charge is -2.23. The number of nitrogens with one attached hydrogen (secondary N) is 2. The van der Waals surface area contributed by atoms with Crippen LogP contribution in [0.1, 0.15) is 29.7 Å². The van der Waals surface area contributed by atoms with Crippen molar-refractivity contribution in [1.82, 2.24) is 19.9 Å². The Morgan fingerprint density at radius 2 is 1.90 bits per heavy atom. The third-order valence-electron chi connectivity index (χ3n) is 5.67. The SMILES string of the molecule is CNS(=O)(=O)c1cc(CN2Cc3ccccc3C2)ncc1OCC1CCNCC1. The van der Waals surface area contributed by atoms with Crippen LogP contribution in [0.4, 0.5) is 0 Å². The first kappa shape index (κ1) is 20.3. The summed E-state index contributed by atoms with van der Waals surface area (Å²) < 4.78 is 33.5. The number of fused-ring (bicyclic) bond motifs is 1. The highest BCUT2D eigenvalue weighted by Gasteiger charge is 2.23. The van der Waals surface area contributed by atoms with Gasteiger partial charge in [0.05, 0.1) is 18.5 Å². The smallest absolute Gasteiger partial charge is 0.244 e. The highest BCUT2D eigenvalue weighted by molar-refractivity contribution is 7.89. The predicted molar refractivity (Wildman–Crippen MR) is 111 cm³/mol. The molecule has 0 radical (unpaired) electrons. The molecule has 8 heteroatoms. The molecule has 2 aliphatic heterocycles. The number of pyridine rings is 1. The molecule has 0 amide bonds. The van der Waals surface area contributed by atoms with Gasteiger partial charge >= 0.3 is 0 Å². The number of hydrogen-bond donors (Lipinski definition) is 2. The molecule has 2 N–H and O–H groups in total. The molecule has 3 heterocycles. The first-order chi connectivity index (χ1) is 14.0. The van der Waals surface area contributed by atoms with Crippen LogP contribution in [0.3, 0.4) is 0 Å². The van der Waals surface area contributed by atoms with Gasteiger partial charge in [-0.05, 0) is 56.1 Å². The topological polar surface area (TPSA) is 83.6 Å². The minimum atomic E-state index is -3.64. The van der Waals surface area contributed by atoms with Crippen molar-refractivity contribution in [2.24, 2.45) is 5.92 Å². The average Bonchev–Trinajstić information content (AvgIpc) is 3.15. The lowest BCUT2D eigenvalue weighted by molar-refractivity contribution is 0.210. The second kappa shape index (κ2) is 8.79. The van der Waals surface area contributed by atoms with Crippen LogP contribution in [0.15, 0.2) is 41.4 Å². The molecule has 0 unspecified atom stereocenters. The van der Waals surface area contributed by atoms with Crippen molar-refractivity contribution in [3.8, 4) is 5.75 Å². The molecule has 2 aromatic rings. The normalized spacial score (nSPS) is 18.0. The lowest BCUT2D eigenvalue weighted by atomic mass is 9.99. The van der Waals surface area contributed by atoms with Crippen molar-refractivity contribution in [3.05, 3.63) is 53.3 Å². The van der Waals surface area contributed by atoms with Gasteiger partial charge in [-0.3, -0.25) is 9.88 Å². The highest BCUT2D eigenvalue weighted by atomic mass is 32.2. The summed E-state index contributed by atoms with van der Waals surface area (Å²) >= 11 is 0. The summed E-state index contributed by atoms with van der Waals surface area (Å²) in [5.74, 6) is 0.760. The number of piperidine rings is 1. The summed E-state index contributed by atoms with van der Waals surface area (Å²) in [5.41, 5.74) is 3.36. The standard InChI is InChI=1S/C21H28N4O3S/c1-22-29(26,27)21-10-19(14-25-12-17-4-2-3-5-18(17)13-25)24-11-20(21)28-15-16-6-8-23-9-7-16/h2-5,10-11,16,22-23H,6-9,12-15H2,1H3. The van der Waals surface area contributed by atoms with Gasteiger partial charge in [-0.15, -0.1) is 0 Å². The van der Waals surface area contributed by atoms with Gasteiger partial charge in [0.15, 0.2) is 5.75 Å². The molecule has 1 aromatic carbocycles. The van der Waals surface area contributed by atoms with E-state index in [9.17, 15) is 8.42 Å². The monoisotopic (exact) mass is 416 g/mol. The van der Waals surface area contributed by atoms with Gasteiger partial charge in [-0.2, -0.15) is 0 Å². The largest absolute Gasteiger partial charge is 0.490 e. The second-order valence-electron chi connectivity index (χ2n) is 7.75.